The fourth-order valence-corrected chi connectivity index (χ4v) is 4.26. The molecule has 1 amide bonds. The molecule has 3 rings (SSSR count). The number of nitrogens with one attached hydrogen (secondary N) is 1. The number of rotatable bonds is 12. The highest BCUT2D eigenvalue weighted by Gasteiger charge is 2.43. The van der Waals surface area contributed by atoms with Gasteiger partial charge in [0, 0.05) is 29.9 Å². The van der Waals surface area contributed by atoms with Crippen LogP contribution in [0.4, 0.5) is 8.78 Å². The van der Waals surface area contributed by atoms with Crippen LogP contribution < -0.4 is 10.1 Å². The Balaban J connectivity index is 1.84. The lowest BCUT2D eigenvalue weighted by Gasteiger charge is -2.29. The minimum Gasteiger partial charge on any atom is -0.479 e. The summed E-state index contributed by atoms with van der Waals surface area (Å²) in [6, 6.07) is 7.80. The molecule has 0 fully saturated rings. The van der Waals surface area contributed by atoms with Gasteiger partial charge < -0.3 is 15.2 Å². The van der Waals surface area contributed by atoms with Crippen LogP contribution in [-0.4, -0.2) is 43.5 Å². The van der Waals surface area contributed by atoms with Gasteiger partial charge in [-0.2, -0.15) is 9.97 Å². The SMILES string of the molecule is CCC[C@@H](C)Oc1ccc(-c2nc(O)nc(-c3cc(CNC(=O)C(CC)(CC)C(F)F)ccc3Cl)n2)cn1. The van der Waals surface area contributed by atoms with E-state index in [1.165, 1.54) is 6.20 Å². The van der Waals surface area contributed by atoms with Crippen molar-refractivity contribution in [1.82, 2.24) is 25.3 Å². The van der Waals surface area contributed by atoms with Crippen LogP contribution >= 0.6 is 11.6 Å². The van der Waals surface area contributed by atoms with Crippen LogP contribution in [0.2, 0.25) is 5.02 Å². The number of pyridine rings is 1. The van der Waals surface area contributed by atoms with Crippen molar-refractivity contribution in [1.29, 1.82) is 0 Å². The zero-order valence-corrected chi connectivity index (χ0v) is 22.6. The Labute approximate surface area is 225 Å². The molecular weight excluding hydrogens is 516 g/mol. The van der Waals surface area contributed by atoms with Crippen LogP contribution in [0.15, 0.2) is 36.5 Å². The molecular formula is C27H32ClF2N5O3. The number of amides is 1. The third kappa shape index (κ3) is 6.72. The van der Waals surface area contributed by atoms with Gasteiger partial charge in [0.05, 0.1) is 11.1 Å². The number of ether oxygens (including phenoxy) is 1. The van der Waals surface area contributed by atoms with Crippen molar-refractivity contribution >= 4 is 17.5 Å². The van der Waals surface area contributed by atoms with Gasteiger partial charge in [-0.15, -0.1) is 0 Å². The number of hydrogen-bond acceptors (Lipinski definition) is 7. The van der Waals surface area contributed by atoms with Crippen molar-refractivity contribution < 1.29 is 23.4 Å². The third-order valence-electron chi connectivity index (χ3n) is 6.49. The summed E-state index contributed by atoms with van der Waals surface area (Å²) in [5.41, 5.74) is -0.238. The first-order valence-electron chi connectivity index (χ1n) is 12.6. The number of aromatic nitrogens is 4. The first kappa shape index (κ1) is 29.2. The van der Waals surface area contributed by atoms with Crippen molar-refractivity contribution in [3.05, 3.63) is 47.1 Å². The number of nitrogens with zero attached hydrogens (tertiary/aromatic N) is 4. The normalized spacial score (nSPS) is 12.4. The van der Waals surface area contributed by atoms with E-state index in [0.717, 1.165) is 12.8 Å². The number of alkyl halides is 2. The topological polar surface area (TPSA) is 110 Å². The maximum Gasteiger partial charge on any atom is 0.318 e. The molecule has 1 atom stereocenters. The lowest BCUT2D eigenvalue weighted by atomic mass is 9.81. The Hall–Kier alpha value is -3.40. The van der Waals surface area contributed by atoms with E-state index < -0.39 is 23.8 Å². The van der Waals surface area contributed by atoms with Crippen LogP contribution in [0.3, 0.4) is 0 Å². The van der Waals surface area contributed by atoms with Gasteiger partial charge in [0.15, 0.2) is 11.6 Å². The minimum atomic E-state index is -2.78. The highest BCUT2D eigenvalue weighted by Crippen LogP contribution is 2.34. The molecule has 0 aliphatic carbocycles. The maximum atomic E-state index is 13.7. The quantitative estimate of drug-likeness (QED) is 0.277. The summed E-state index contributed by atoms with van der Waals surface area (Å²) in [4.78, 5) is 29.4. The average molecular weight is 548 g/mol. The second-order valence-corrected chi connectivity index (χ2v) is 9.45. The summed E-state index contributed by atoms with van der Waals surface area (Å²) in [6.45, 7) is 7.20. The van der Waals surface area contributed by atoms with E-state index in [1.54, 1.807) is 44.2 Å². The second-order valence-electron chi connectivity index (χ2n) is 9.05. The molecule has 0 bridgehead atoms. The van der Waals surface area contributed by atoms with Crippen LogP contribution in [-0.2, 0) is 11.3 Å². The van der Waals surface area contributed by atoms with E-state index in [1.807, 2.05) is 6.92 Å². The number of carbonyl (C=O) groups is 1. The lowest BCUT2D eigenvalue weighted by molar-refractivity contribution is -0.142. The van der Waals surface area contributed by atoms with Gasteiger partial charge >= 0.3 is 6.01 Å². The molecule has 2 N–H and O–H groups in total. The van der Waals surface area contributed by atoms with Crippen molar-refractivity contribution in [3.8, 4) is 34.7 Å². The van der Waals surface area contributed by atoms with Crippen molar-refractivity contribution in [3.63, 3.8) is 0 Å². The number of aromatic hydroxyl groups is 1. The summed E-state index contributed by atoms with van der Waals surface area (Å²) in [5.74, 6) is 0.0354. The Morgan fingerprint density at radius 2 is 1.82 bits per heavy atom. The molecule has 0 unspecified atom stereocenters. The van der Waals surface area contributed by atoms with Gasteiger partial charge in [0.1, 0.15) is 5.41 Å². The fourth-order valence-electron chi connectivity index (χ4n) is 4.06. The van der Waals surface area contributed by atoms with E-state index >= 15 is 0 Å². The molecule has 0 radical (unpaired) electrons. The van der Waals surface area contributed by atoms with Gasteiger partial charge in [0.2, 0.25) is 11.8 Å². The Morgan fingerprint density at radius 1 is 1.11 bits per heavy atom. The Kier molecular flexibility index (Phi) is 9.90. The van der Waals surface area contributed by atoms with Crippen LogP contribution in [0.25, 0.3) is 22.8 Å². The molecule has 0 aliphatic heterocycles. The molecule has 0 saturated heterocycles. The van der Waals surface area contributed by atoms with Crippen molar-refractivity contribution in [2.45, 2.75) is 72.5 Å². The van der Waals surface area contributed by atoms with E-state index in [-0.39, 0.29) is 37.1 Å². The molecule has 0 spiro atoms. The summed E-state index contributed by atoms with van der Waals surface area (Å²) >= 11 is 6.40. The molecule has 2 heterocycles. The van der Waals surface area contributed by atoms with Gasteiger partial charge in [-0.1, -0.05) is 44.9 Å². The smallest absolute Gasteiger partial charge is 0.318 e. The fraction of sp³-hybridized carbons (Fsp3) is 0.444. The summed E-state index contributed by atoms with van der Waals surface area (Å²) in [7, 11) is 0. The van der Waals surface area contributed by atoms with Gasteiger partial charge in [-0.25, -0.2) is 18.7 Å². The summed E-state index contributed by atoms with van der Waals surface area (Å²) in [6.07, 6.45) is 0.729. The number of halogens is 3. The number of hydrogen-bond donors (Lipinski definition) is 2. The van der Waals surface area contributed by atoms with Gasteiger partial charge in [-0.3, -0.25) is 4.79 Å². The predicted molar refractivity (Wildman–Crippen MR) is 141 cm³/mol. The van der Waals surface area contributed by atoms with E-state index in [9.17, 15) is 18.7 Å². The minimum absolute atomic E-state index is 0.00321. The van der Waals surface area contributed by atoms with Crippen LogP contribution in [0.1, 0.15) is 58.9 Å². The zero-order chi connectivity index (χ0) is 27.9. The lowest BCUT2D eigenvalue weighted by Crippen LogP contribution is -2.44. The number of benzene rings is 1. The van der Waals surface area contributed by atoms with Crippen LogP contribution in [0.5, 0.6) is 11.9 Å². The zero-order valence-electron chi connectivity index (χ0n) is 21.8. The second kappa shape index (κ2) is 12.9. The monoisotopic (exact) mass is 547 g/mol. The first-order chi connectivity index (χ1) is 18.1. The molecule has 204 valence electrons. The molecule has 0 aliphatic rings. The predicted octanol–water partition coefficient (Wildman–Crippen LogP) is 6.21. The standard InChI is InChI=1S/C27H32ClF2N5O3/c1-5-8-16(4)38-21-12-10-18(15-31-21)22-33-23(35-26(37)34-22)19-13-17(9-11-20(19)28)14-32-25(36)27(6-2,7-3)24(29)30/h9-13,15-16,24H,5-8,14H2,1-4H3,(H,32,36)(H,33,34,35,37)/t16-/m1/s1. The summed E-state index contributed by atoms with van der Waals surface area (Å²) in [5, 5.41) is 13.1. The maximum absolute atomic E-state index is 13.7. The highest BCUT2D eigenvalue weighted by molar-refractivity contribution is 6.33. The van der Waals surface area contributed by atoms with Gasteiger partial charge in [-0.05, 0) is 49.9 Å². The van der Waals surface area contributed by atoms with Crippen LogP contribution in [0, 0.1) is 5.41 Å². The van der Waals surface area contributed by atoms with E-state index in [0.29, 0.717) is 27.6 Å². The molecule has 3 aromatic rings. The Bertz CT molecular complexity index is 1240. The van der Waals surface area contributed by atoms with Gasteiger partial charge in [0.25, 0.3) is 6.43 Å². The highest BCUT2D eigenvalue weighted by atomic mass is 35.5. The van der Waals surface area contributed by atoms with E-state index in [4.69, 9.17) is 16.3 Å². The van der Waals surface area contributed by atoms with Crippen molar-refractivity contribution in [2.24, 2.45) is 5.41 Å². The number of carbonyl (C=O) groups excluding carboxylic acids is 1. The molecule has 2 aromatic heterocycles. The van der Waals surface area contributed by atoms with E-state index in [2.05, 4.69) is 32.2 Å². The molecule has 0 saturated carbocycles. The summed E-state index contributed by atoms with van der Waals surface area (Å²) < 4.78 is 33.1. The largest absolute Gasteiger partial charge is 0.479 e. The molecule has 1 aromatic carbocycles. The van der Waals surface area contributed by atoms with Crippen molar-refractivity contribution in [2.75, 3.05) is 0 Å². The third-order valence-corrected chi connectivity index (χ3v) is 6.82. The first-order valence-corrected chi connectivity index (χ1v) is 12.9. The molecule has 11 heteroatoms. The molecule has 8 nitrogen and oxygen atoms in total. The molecule has 38 heavy (non-hydrogen) atoms. The Morgan fingerprint density at radius 3 is 2.42 bits per heavy atom. The average Bonchev–Trinajstić information content (AvgIpc) is 2.89.